The SMILES string of the molecule is CCCc1nc(N2CCCC(N(C)C)C2)sc1CNC. The van der Waals surface area contributed by atoms with Crippen LogP contribution in [-0.2, 0) is 13.0 Å². The van der Waals surface area contributed by atoms with Crippen LogP contribution in [0.3, 0.4) is 0 Å². The van der Waals surface area contributed by atoms with Crippen LogP contribution in [0.5, 0.6) is 0 Å². The van der Waals surface area contributed by atoms with Crippen LogP contribution in [0.15, 0.2) is 0 Å². The van der Waals surface area contributed by atoms with E-state index in [9.17, 15) is 0 Å². The van der Waals surface area contributed by atoms with Crippen molar-refractivity contribution in [3.63, 3.8) is 0 Å². The molecular weight excluding hydrogens is 268 g/mol. The molecule has 0 saturated carbocycles. The second kappa shape index (κ2) is 7.38. The van der Waals surface area contributed by atoms with Crippen LogP contribution in [0.2, 0.25) is 0 Å². The molecule has 5 heteroatoms. The summed E-state index contributed by atoms with van der Waals surface area (Å²) in [6.07, 6.45) is 4.84. The van der Waals surface area contributed by atoms with Crippen molar-refractivity contribution in [2.45, 2.75) is 45.2 Å². The molecule has 0 aromatic carbocycles. The van der Waals surface area contributed by atoms with E-state index in [2.05, 4.69) is 36.1 Å². The maximum absolute atomic E-state index is 4.92. The molecular formula is C15H28N4S. The quantitative estimate of drug-likeness (QED) is 0.873. The number of thiazole rings is 1. The summed E-state index contributed by atoms with van der Waals surface area (Å²) in [6.45, 7) is 5.44. The van der Waals surface area contributed by atoms with Crippen molar-refractivity contribution in [1.29, 1.82) is 0 Å². The number of hydrogen-bond acceptors (Lipinski definition) is 5. The molecule has 1 unspecified atom stereocenters. The Hall–Kier alpha value is -0.650. The van der Waals surface area contributed by atoms with Gasteiger partial charge in [-0.3, -0.25) is 0 Å². The minimum atomic E-state index is 0.662. The predicted molar refractivity (Wildman–Crippen MR) is 87.8 cm³/mol. The number of piperidine rings is 1. The summed E-state index contributed by atoms with van der Waals surface area (Å²) >= 11 is 1.88. The molecule has 1 aliphatic heterocycles. The van der Waals surface area contributed by atoms with Gasteiger partial charge in [0.2, 0.25) is 0 Å². The second-order valence-corrected chi connectivity index (χ2v) is 6.91. The van der Waals surface area contributed by atoms with Gasteiger partial charge in [0.25, 0.3) is 0 Å². The molecule has 0 aliphatic carbocycles. The number of nitrogens with zero attached hydrogens (tertiary/aromatic N) is 3. The smallest absolute Gasteiger partial charge is 0.185 e. The lowest BCUT2D eigenvalue weighted by Crippen LogP contribution is -2.45. The van der Waals surface area contributed by atoms with Crippen LogP contribution >= 0.6 is 11.3 Å². The van der Waals surface area contributed by atoms with Crippen molar-refractivity contribution in [2.75, 3.05) is 39.1 Å². The molecule has 1 N–H and O–H groups in total. The third kappa shape index (κ3) is 3.71. The van der Waals surface area contributed by atoms with Gasteiger partial charge in [-0.1, -0.05) is 13.3 Å². The van der Waals surface area contributed by atoms with Gasteiger partial charge in [0.1, 0.15) is 0 Å². The normalized spacial score (nSPS) is 19.9. The summed E-state index contributed by atoms with van der Waals surface area (Å²) in [4.78, 5) is 11.2. The van der Waals surface area contributed by atoms with E-state index < -0.39 is 0 Å². The first kappa shape index (κ1) is 15.7. The third-order valence-electron chi connectivity index (χ3n) is 3.99. The third-order valence-corrected chi connectivity index (χ3v) is 5.15. The van der Waals surface area contributed by atoms with Gasteiger partial charge in [0, 0.05) is 30.6 Å². The highest BCUT2D eigenvalue weighted by atomic mass is 32.1. The Balaban J connectivity index is 2.12. The molecule has 1 atom stereocenters. The fourth-order valence-electron chi connectivity index (χ4n) is 2.79. The highest BCUT2D eigenvalue weighted by Crippen LogP contribution is 2.30. The van der Waals surface area contributed by atoms with E-state index in [-0.39, 0.29) is 0 Å². The van der Waals surface area contributed by atoms with E-state index >= 15 is 0 Å². The van der Waals surface area contributed by atoms with Gasteiger partial charge >= 0.3 is 0 Å². The van der Waals surface area contributed by atoms with Gasteiger partial charge in [-0.25, -0.2) is 4.98 Å². The van der Waals surface area contributed by atoms with E-state index in [4.69, 9.17) is 4.98 Å². The van der Waals surface area contributed by atoms with E-state index in [1.165, 1.54) is 35.0 Å². The minimum absolute atomic E-state index is 0.662. The maximum atomic E-state index is 4.92. The molecule has 1 aromatic rings. The lowest BCUT2D eigenvalue weighted by Gasteiger charge is -2.35. The molecule has 1 fully saturated rings. The largest absolute Gasteiger partial charge is 0.347 e. The van der Waals surface area contributed by atoms with Gasteiger partial charge in [0.15, 0.2) is 5.13 Å². The fraction of sp³-hybridized carbons (Fsp3) is 0.800. The topological polar surface area (TPSA) is 31.4 Å². The molecule has 1 aliphatic rings. The van der Waals surface area contributed by atoms with Crippen LogP contribution in [-0.4, -0.2) is 50.2 Å². The standard InChI is InChI=1S/C15H28N4S/c1-5-7-13-14(10-16-2)20-15(17-13)19-9-6-8-12(11-19)18(3)4/h12,16H,5-11H2,1-4H3. The first-order valence-corrected chi connectivity index (χ1v) is 8.51. The Kier molecular flexibility index (Phi) is 5.81. The Labute approximate surface area is 127 Å². The second-order valence-electron chi connectivity index (χ2n) is 5.85. The van der Waals surface area contributed by atoms with Crippen LogP contribution in [0.25, 0.3) is 0 Å². The predicted octanol–water partition coefficient (Wildman–Crippen LogP) is 2.35. The number of likely N-dealkylation sites (N-methyl/N-ethyl adjacent to an activating group) is 1. The maximum Gasteiger partial charge on any atom is 0.185 e. The summed E-state index contributed by atoms with van der Waals surface area (Å²) in [7, 11) is 6.38. The number of hydrogen-bond donors (Lipinski definition) is 1. The fourth-order valence-corrected chi connectivity index (χ4v) is 3.94. The molecule has 0 bridgehead atoms. The number of anilines is 1. The van der Waals surface area contributed by atoms with Crippen molar-refractivity contribution in [1.82, 2.24) is 15.2 Å². The first-order valence-electron chi connectivity index (χ1n) is 7.70. The lowest BCUT2D eigenvalue weighted by molar-refractivity contribution is 0.258. The first-order chi connectivity index (χ1) is 9.65. The number of rotatable bonds is 6. The summed E-state index contributed by atoms with van der Waals surface area (Å²) in [6, 6.07) is 0.662. The van der Waals surface area contributed by atoms with Crippen molar-refractivity contribution >= 4 is 16.5 Å². The number of aryl methyl sites for hydroxylation is 1. The van der Waals surface area contributed by atoms with Crippen molar-refractivity contribution in [2.24, 2.45) is 0 Å². The van der Waals surface area contributed by atoms with Gasteiger partial charge in [0.05, 0.1) is 5.69 Å². The van der Waals surface area contributed by atoms with Crippen molar-refractivity contribution in [3.8, 4) is 0 Å². The zero-order valence-corrected chi connectivity index (χ0v) is 14.1. The van der Waals surface area contributed by atoms with Gasteiger partial charge < -0.3 is 15.1 Å². The van der Waals surface area contributed by atoms with Crippen molar-refractivity contribution < 1.29 is 0 Å². The molecule has 0 radical (unpaired) electrons. The zero-order valence-electron chi connectivity index (χ0n) is 13.3. The summed E-state index contributed by atoms with van der Waals surface area (Å²) in [5, 5.41) is 4.50. The number of aromatic nitrogens is 1. The zero-order chi connectivity index (χ0) is 14.5. The molecule has 4 nitrogen and oxygen atoms in total. The molecule has 1 aromatic heterocycles. The van der Waals surface area contributed by atoms with Gasteiger partial charge in [-0.05, 0) is 40.4 Å². The average molecular weight is 296 g/mol. The number of nitrogens with one attached hydrogen (secondary N) is 1. The van der Waals surface area contributed by atoms with Crippen LogP contribution in [0, 0.1) is 0 Å². The Morgan fingerprint density at radius 1 is 1.45 bits per heavy atom. The molecule has 2 rings (SSSR count). The van der Waals surface area contributed by atoms with Crippen LogP contribution in [0.1, 0.15) is 36.8 Å². The Bertz CT molecular complexity index is 393. The van der Waals surface area contributed by atoms with E-state index in [1.54, 1.807) is 0 Å². The molecule has 0 amide bonds. The minimum Gasteiger partial charge on any atom is -0.347 e. The molecule has 0 spiro atoms. The highest BCUT2D eigenvalue weighted by Gasteiger charge is 2.24. The summed E-state index contributed by atoms with van der Waals surface area (Å²) in [5.41, 5.74) is 1.30. The molecule has 1 saturated heterocycles. The summed E-state index contributed by atoms with van der Waals surface area (Å²) in [5.74, 6) is 0. The molecule has 20 heavy (non-hydrogen) atoms. The highest BCUT2D eigenvalue weighted by molar-refractivity contribution is 7.15. The van der Waals surface area contributed by atoms with E-state index in [0.717, 1.165) is 26.1 Å². The van der Waals surface area contributed by atoms with Crippen molar-refractivity contribution in [3.05, 3.63) is 10.6 Å². The van der Waals surface area contributed by atoms with Crippen LogP contribution < -0.4 is 10.2 Å². The monoisotopic (exact) mass is 296 g/mol. The Morgan fingerprint density at radius 3 is 2.90 bits per heavy atom. The van der Waals surface area contributed by atoms with Gasteiger partial charge in [-0.2, -0.15) is 0 Å². The lowest BCUT2D eigenvalue weighted by atomic mass is 10.1. The summed E-state index contributed by atoms with van der Waals surface area (Å²) < 4.78 is 0. The van der Waals surface area contributed by atoms with E-state index in [1.807, 2.05) is 18.4 Å². The molecule has 114 valence electrons. The van der Waals surface area contributed by atoms with E-state index in [0.29, 0.717) is 6.04 Å². The van der Waals surface area contributed by atoms with Crippen LogP contribution in [0.4, 0.5) is 5.13 Å². The molecule has 2 heterocycles. The average Bonchev–Trinajstić information content (AvgIpc) is 2.83. The van der Waals surface area contributed by atoms with Gasteiger partial charge in [-0.15, -0.1) is 11.3 Å². The Morgan fingerprint density at radius 2 is 2.25 bits per heavy atom.